The van der Waals surface area contributed by atoms with Crippen LogP contribution in [0.4, 0.5) is 5.82 Å². The van der Waals surface area contributed by atoms with Crippen LogP contribution in [0.2, 0.25) is 0 Å². The second kappa shape index (κ2) is 5.78. The Morgan fingerprint density at radius 1 is 1.12 bits per heavy atom. The average Bonchev–Trinajstić information content (AvgIpc) is 3.21. The molecule has 1 fully saturated rings. The van der Waals surface area contributed by atoms with Crippen molar-refractivity contribution in [2.24, 2.45) is 0 Å². The van der Waals surface area contributed by atoms with Crippen LogP contribution in [0.1, 0.15) is 17.0 Å². The molecule has 0 radical (unpaired) electrons. The van der Waals surface area contributed by atoms with E-state index in [9.17, 15) is 0 Å². The van der Waals surface area contributed by atoms with Gasteiger partial charge in [-0.25, -0.2) is 9.56 Å². The molecule has 0 spiro atoms. The van der Waals surface area contributed by atoms with E-state index < -0.39 is 0 Å². The van der Waals surface area contributed by atoms with Crippen LogP contribution in [0.5, 0.6) is 0 Å². The molecule has 3 aromatic rings. The third-order valence-electron chi connectivity index (χ3n) is 5.08. The number of fused-ring (bicyclic) bond motifs is 1. The Hall–Kier alpha value is -2.62. The molecule has 3 heterocycles. The summed E-state index contributed by atoms with van der Waals surface area (Å²) in [4.78, 5) is 10.4. The van der Waals surface area contributed by atoms with Crippen molar-refractivity contribution in [2.75, 3.05) is 25.0 Å². The van der Waals surface area contributed by atoms with Gasteiger partial charge in [-0.15, -0.1) is 0 Å². The van der Waals surface area contributed by atoms with Crippen molar-refractivity contribution in [1.29, 1.82) is 0 Å². The summed E-state index contributed by atoms with van der Waals surface area (Å²) in [5.41, 5.74) is 3.63. The fraction of sp³-hybridized carbons (Fsp3) is 0.300. The molecule has 1 N–H and O–H groups in total. The van der Waals surface area contributed by atoms with Crippen molar-refractivity contribution < 1.29 is 4.58 Å². The van der Waals surface area contributed by atoms with Gasteiger partial charge in [0.2, 0.25) is 0 Å². The highest BCUT2D eigenvalue weighted by molar-refractivity contribution is 5.77. The number of hydrogen-bond donors (Lipinski definition) is 1. The number of aromatic amines is 1. The maximum atomic E-state index is 4.78. The van der Waals surface area contributed by atoms with E-state index in [1.807, 2.05) is 6.20 Å². The van der Waals surface area contributed by atoms with Crippen molar-refractivity contribution in [2.45, 2.75) is 18.9 Å². The molecule has 4 rings (SSSR count). The van der Waals surface area contributed by atoms with Gasteiger partial charge in [-0.3, -0.25) is 0 Å². The summed E-state index contributed by atoms with van der Waals surface area (Å²) in [6.45, 7) is 8.20. The fourth-order valence-electron chi connectivity index (χ4n) is 3.66. The lowest BCUT2D eigenvalue weighted by Crippen LogP contribution is -2.29. The number of H-pyrrole nitrogens is 1. The van der Waals surface area contributed by atoms with E-state index in [1.165, 1.54) is 11.1 Å². The smallest absolute Gasteiger partial charge is 0.177 e. The number of aromatic nitrogens is 2. The highest BCUT2D eigenvalue weighted by Crippen LogP contribution is 2.32. The molecule has 4 nitrogen and oxygen atoms in total. The number of pyridine rings is 1. The van der Waals surface area contributed by atoms with E-state index in [4.69, 9.17) is 4.98 Å². The van der Waals surface area contributed by atoms with E-state index in [2.05, 4.69) is 77.6 Å². The van der Waals surface area contributed by atoms with Crippen LogP contribution in [0.15, 0.2) is 48.7 Å². The highest BCUT2D eigenvalue weighted by atomic mass is 15.3. The van der Waals surface area contributed by atoms with Gasteiger partial charge in [0.1, 0.15) is 25.2 Å². The summed E-state index contributed by atoms with van der Waals surface area (Å²) in [5, 5.41) is 1.15. The van der Waals surface area contributed by atoms with Gasteiger partial charge in [-0.2, -0.15) is 0 Å². The molecule has 0 amide bonds. The third-order valence-corrected chi connectivity index (χ3v) is 5.08. The van der Waals surface area contributed by atoms with Crippen LogP contribution >= 0.6 is 0 Å². The number of aryl methyl sites for hydroxylation is 1. The van der Waals surface area contributed by atoms with Gasteiger partial charge in [0.15, 0.2) is 6.04 Å². The number of likely N-dealkylation sites (N-methyl/N-ethyl adjacent to an activating group) is 1. The van der Waals surface area contributed by atoms with E-state index in [-0.39, 0.29) is 0 Å². The van der Waals surface area contributed by atoms with Crippen LogP contribution < -0.4 is 4.90 Å². The largest absolute Gasteiger partial charge is 0.349 e. The van der Waals surface area contributed by atoms with Gasteiger partial charge in [0.25, 0.3) is 0 Å². The molecule has 0 bridgehead atoms. The first-order valence-electron chi connectivity index (χ1n) is 8.41. The number of nitrogens with one attached hydrogen (secondary N) is 1. The first kappa shape index (κ1) is 14.9. The lowest BCUT2D eigenvalue weighted by Gasteiger charge is -2.16. The molecular weight excluding hydrogens is 296 g/mol. The van der Waals surface area contributed by atoms with E-state index in [0.29, 0.717) is 12.0 Å². The molecule has 1 aromatic carbocycles. The average molecular weight is 319 g/mol. The number of benzene rings is 1. The van der Waals surface area contributed by atoms with Crippen molar-refractivity contribution in [3.8, 4) is 0 Å². The minimum atomic E-state index is 0.383. The van der Waals surface area contributed by atoms with Crippen molar-refractivity contribution in [3.05, 3.63) is 59.8 Å². The predicted molar refractivity (Wildman–Crippen MR) is 99.3 cm³/mol. The number of hydrogen-bond acceptors (Lipinski definition) is 2. The van der Waals surface area contributed by atoms with Gasteiger partial charge >= 0.3 is 0 Å². The Labute approximate surface area is 142 Å². The van der Waals surface area contributed by atoms with Gasteiger partial charge in [0.05, 0.1) is 12.5 Å². The fourth-order valence-corrected chi connectivity index (χ4v) is 3.66. The normalized spacial score (nSPS) is 20.7. The molecule has 1 aliphatic rings. The summed E-state index contributed by atoms with van der Waals surface area (Å²) in [5.74, 6) is 1.47. The molecule has 4 heteroatoms. The molecular formula is C20H23N4+. The lowest BCUT2D eigenvalue weighted by atomic mass is 9.93. The van der Waals surface area contributed by atoms with Crippen LogP contribution in [0.25, 0.3) is 11.0 Å². The summed E-state index contributed by atoms with van der Waals surface area (Å²) < 4.78 is 2.09. The standard InChI is InChI=1S/C20H23N4/c1-14-4-6-15(7-5-14)17-12-24(13-18(17)23(2)3)19-9-8-16-10-11-21-20(16)22-19/h4-11,17-18H,2,12-13H2,1,3H3,(H,21,22)/q+1. The van der Waals surface area contributed by atoms with Gasteiger partial charge in [-0.1, -0.05) is 29.8 Å². The Morgan fingerprint density at radius 2 is 1.92 bits per heavy atom. The molecule has 1 aliphatic heterocycles. The van der Waals surface area contributed by atoms with Gasteiger partial charge in [-0.05, 0) is 30.7 Å². The predicted octanol–water partition coefficient (Wildman–Crippen LogP) is 3.19. The molecule has 24 heavy (non-hydrogen) atoms. The summed E-state index contributed by atoms with van der Waals surface area (Å²) in [6, 6.07) is 15.6. The van der Waals surface area contributed by atoms with Crippen molar-refractivity contribution in [3.63, 3.8) is 0 Å². The number of nitrogens with zero attached hydrogens (tertiary/aromatic N) is 3. The minimum Gasteiger partial charge on any atom is -0.349 e. The third kappa shape index (κ3) is 2.58. The number of rotatable bonds is 3. The second-order valence-electron chi connectivity index (χ2n) is 6.83. The maximum absolute atomic E-state index is 4.78. The molecule has 2 atom stereocenters. The van der Waals surface area contributed by atoms with E-state index in [0.717, 1.165) is 29.9 Å². The molecule has 2 aromatic heterocycles. The first-order chi connectivity index (χ1) is 11.6. The monoisotopic (exact) mass is 319 g/mol. The lowest BCUT2D eigenvalue weighted by molar-refractivity contribution is -0.527. The zero-order valence-electron chi connectivity index (χ0n) is 14.2. The Morgan fingerprint density at radius 3 is 2.67 bits per heavy atom. The van der Waals surface area contributed by atoms with Crippen LogP contribution in [0, 0.1) is 6.92 Å². The summed E-state index contributed by atoms with van der Waals surface area (Å²) in [6.07, 6.45) is 1.94. The summed E-state index contributed by atoms with van der Waals surface area (Å²) >= 11 is 0. The quantitative estimate of drug-likeness (QED) is 0.594. The Balaban J connectivity index is 1.66. The van der Waals surface area contributed by atoms with Crippen molar-refractivity contribution in [1.82, 2.24) is 9.97 Å². The molecule has 2 unspecified atom stereocenters. The molecule has 1 saturated heterocycles. The summed E-state index contributed by atoms with van der Waals surface area (Å²) in [7, 11) is 2.07. The maximum Gasteiger partial charge on any atom is 0.177 e. The van der Waals surface area contributed by atoms with E-state index >= 15 is 0 Å². The van der Waals surface area contributed by atoms with Crippen LogP contribution in [-0.2, 0) is 0 Å². The van der Waals surface area contributed by atoms with E-state index in [1.54, 1.807) is 0 Å². The zero-order valence-corrected chi connectivity index (χ0v) is 14.2. The SMILES string of the molecule is C=[N+](C)C1CN(c2ccc3cc[nH]c3n2)CC1c1ccc(C)cc1. The molecule has 122 valence electrons. The Kier molecular flexibility index (Phi) is 3.60. The van der Waals surface area contributed by atoms with Gasteiger partial charge in [0, 0.05) is 18.1 Å². The molecule has 0 aliphatic carbocycles. The van der Waals surface area contributed by atoms with Gasteiger partial charge < -0.3 is 9.88 Å². The minimum absolute atomic E-state index is 0.383. The van der Waals surface area contributed by atoms with Crippen LogP contribution in [-0.4, -0.2) is 47.4 Å². The zero-order chi connectivity index (χ0) is 16.7. The number of anilines is 1. The first-order valence-corrected chi connectivity index (χ1v) is 8.41. The molecule has 0 saturated carbocycles. The highest BCUT2D eigenvalue weighted by Gasteiger charge is 2.39. The Bertz CT molecular complexity index is 878. The van der Waals surface area contributed by atoms with Crippen molar-refractivity contribution >= 4 is 23.6 Å². The second-order valence-corrected chi connectivity index (χ2v) is 6.83. The van der Waals surface area contributed by atoms with Crippen LogP contribution in [0.3, 0.4) is 0 Å². The topological polar surface area (TPSA) is 34.9 Å².